The summed E-state index contributed by atoms with van der Waals surface area (Å²) in [5.74, 6) is -2.66. The smallest absolute Gasteiger partial charge is 0.245 e. The van der Waals surface area contributed by atoms with E-state index in [1.807, 2.05) is 35.2 Å². The van der Waals surface area contributed by atoms with Crippen LogP contribution in [-0.4, -0.2) is 41.8 Å². The lowest BCUT2D eigenvalue weighted by Crippen LogP contribution is -2.55. The molecule has 37 heavy (non-hydrogen) atoms. The molecule has 1 heterocycles. The molecule has 8 heteroatoms. The van der Waals surface area contributed by atoms with Gasteiger partial charge in [0.25, 0.3) is 0 Å². The summed E-state index contributed by atoms with van der Waals surface area (Å²) in [6.45, 7) is 2.73. The molecule has 2 aliphatic rings. The largest absolute Gasteiger partial charge is 0.351 e. The number of carbonyl (C=O) groups is 3. The number of rotatable bonds is 8. The molecule has 1 saturated carbocycles. The standard InChI is InChI=1S/C29H35F2N3O3/c1-19(27(35)32-17-21-13-24(30)16-25(31)14-21)28(36)33-26(15-20-7-3-2-4-8-20)29(37)34-12-11-22-9-5-6-10-23(22)18-34/h2-4,7-8,13-14,16,19,22-23,26H,5-6,9-12,15,17-18H2,1H3,(H,32,35)(H,33,36). The Morgan fingerprint density at radius 3 is 2.30 bits per heavy atom. The highest BCUT2D eigenvalue weighted by Crippen LogP contribution is 2.36. The maximum atomic E-state index is 13.6. The minimum absolute atomic E-state index is 0.117. The van der Waals surface area contributed by atoms with Crippen LogP contribution in [0, 0.1) is 29.4 Å². The predicted molar refractivity (Wildman–Crippen MR) is 136 cm³/mol. The fourth-order valence-corrected chi connectivity index (χ4v) is 5.54. The van der Waals surface area contributed by atoms with E-state index in [9.17, 15) is 23.2 Å². The number of hydrogen-bond donors (Lipinski definition) is 2. The normalized spacial score (nSPS) is 20.9. The number of benzene rings is 2. The van der Waals surface area contributed by atoms with E-state index in [0.717, 1.165) is 36.6 Å². The molecule has 4 atom stereocenters. The summed E-state index contributed by atoms with van der Waals surface area (Å²) in [5.41, 5.74) is 1.17. The molecule has 4 unspecified atom stereocenters. The van der Waals surface area contributed by atoms with Crippen molar-refractivity contribution in [3.8, 4) is 0 Å². The molecule has 6 nitrogen and oxygen atoms in total. The van der Waals surface area contributed by atoms with Crippen molar-refractivity contribution in [3.63, 3.8) is 0 Å². The van der Waals surface area contributed by atoms with Gasteiger partial charge < -0.3 is 15.5 Å². The van der Waals surface area contributed by atoms with Crippen LogP contribution in [0.25, 0.3) is 0 Å². The number of nitrogens with zero attached hydrogens (tertiary/aromatic N) is 1. The molecule has 4 rings (SSSR count). The SMILES string of the molecule is CC(C(=O)NCc1cc(F)cc(F)c1)C(=O)NC(Cc1ccccc1)C(=O)N1CCC2CCCCC2C1. The number of nitrogens with one attached hydrogen (secondary N) is 2. The second-order valence-corrected chi connectivity index (χ2v) is 10.3. The monoisotopic (exact) mass is 511 g/mol. The number of fused-ring (bicyclic) bond motifs is 1. The van der Waals surface area contributed by atoms with Crippen LogP contribution in [0.2, 0.25) is 0 Å². The molecule has 0 bridgehead atoms. The van der Waals surface area contributed by atoms with Crippen LogP contribution in [0.1, 0.15) is 50.2 Å². The third-order valence-electron chi connectivity index (χ3n) is 7.68. The van der Waals surface area contributed by atoms with E-state index in [-0.39, 0.29) is 18.0 Å². The van der Waals surface area contributed by atoms with Gasteiger partial charge in [0.05, 0.1) is 0 Å². The molecule has 1 saturated heterocycles. The summed E-state index contributed by atoms with van der Waals surface area (Å²) in [6.07, 6.45) is 6.13. The van der Waals surface area contributed by atoms with Crippen molar-refractivity contribution in [2.24, 2.45) is 17.8 Å². The van der Waals surface area contributed by atoms with Gasteiger partial charge in [-0.05, 0) is 54.9 Å². The van der Waals surface area contributed by atoms with Crippen LogP contribution in [-0.2, 0) is 27.3 Å². The van der Waals surface area contributed by atoms with E-state index in [2.05, 4.69) is 10.6 Å². The summed E-state index contributed by atoms with van der Waals surface area (Å²) in [5, 5.41) is 5.37. The third kappa shape index (κ3) is 7.14. The van der Waals surface area contributed by atoms with E-state index < -0.39 is 35.4 Å². The van der Waals surface area contributed by atoms with Gasteiger partial charge in [0, 0.05) is 32.1 Å². The molecule has 0 spiro atoms. The minimum atomic E-state index is -1.09. The Morgan fingerprint density at radius 1 is 0.919 bits per heavy atom. The van der Waals surface area contributed by atoms with Gasteiger partial charge in [0.2, 0.25) is 17.7 Å². The molecule has 2 N–H and O–H groups in total. The van der Waals surface area contributed by atoms with Gasteiger partial charge in [-0.25, -0.2) is 8.78 Å². The number of carbonyl (C=O) groups excluding carboxylic acids is 3. The van der Waals surface area contributed by atoms with Crippen molar-refractivity contribution in [1.29, 1.82) is 0 Å². The number of likely N-dealkylation sites (tertiary alicyclic amines) is 1. The highest BCUT2D eigenvalue weighted by Gasteiger charge is 2.36. The van der Waals surface area contributed by atoms with Crippen molar-refractivity contribution < 1.29 is 23.2 Å². The first-order valence-electron chi connectivity index (χ1n) is 13.2. The van der Waals surface area contributed by atoms with Gasteiger partial charge in [0.1, 0.15) is 23.6 Å². The van der Waals surface area contributed by atoms with Crippen LogP contribution in [0.15, 0.2) is 48.5 Å². The van der Waals surface area contributed by atoms with Gasteiger partial charge in [0.15, 0.2) is 0 Å². The first-order chi connectivity index (χ1) is 17.8. The predicted octanol–water partition coefficient (Wildman–Crippen LogP) is 3.98. The lowest BCUT2D eigenvalue weighted by Gasteiger charge is -2.42. The lowest BCUT2D eigenvalue weighted by molar-refractivity contribution is -0.142. The fourth-order valence-electron chi connectivity index (χ4n) is 5.54. The first-order valence-corrected chi connectivity index (χ1v) is 13.2. The quantitative estimate of drug-likeness (QED) is 0.527. The van der Waals surface area contributed by atoms with Crippen molar-refractivity contribution in [2.75, 3.05) is 13.1 Å². The molecule has 2 aromatic carbocycles. The zero-order chi connectivity index (χ0) is 26.4. The maximum absolute atomic E-state index is 13.6. The summed E-state index contributed by atoms with van der Waals surface area (Å²) >= 11 is 0. The number of halogens is 2. The second-order valence-electron chi connectivity index (χ2n) is 10.3. The fraction of sp³-hybridized carbons (Fsp3) is 0.483. The van der Waals surface area contributed by atoms with Crippen LogP contribution in [0.4, 0.5) is 8.78 Å². The molecule has 2 aromatic rings. The van der Waals surface area contributed by atoms with Crippen molar-refractivity contribution in [3.05, 3.63) is 71.3 Å². The maximum Gasteiger partial charge on any atom is 0.245 e. The van der Waals surface area contributed by atoms with E-state index in [0.29, 0.717) is 31.3 Å². The number of amides is 3. The van der Waals surface area contributed by atoms with Crippen LogP contribution >= 0.6 is 0 Å². The Hall–Kier alpha value is -3.29. The summed E-state index contributed by atoms with van der Waals surface area (Å²) in [6, 6.07) is 11.7. The van der Waals surface area contributed by atoms with Gasteiger partial charge in [-0.2, -0.15) is 0 Å². The Kier molecular flexibility index (Phi) is 8.90. The van der Waals surface area contributed by atoms with Crippen LogP contribution in [0.5, 0.6) is 0 Å². The average molecular weight is 512 g/mol. The minimum Gasteiger partial charge on any atom is -0.351 e. The number of piperidine rings is 1. The van der Waals surface area contributed by atoms with Crippen LogP contribution in [0.3, 0.4) is 0 Å². The van der Waals surface area contributed by atoms with E-state index in [1.165, 1.54) is 26.2 Å². The molecule has 0 radical (unpaired) electrons. The zero-order valence-corrected chi connectivity index (χ0v) is 21.2. The first kappa shape index (κ1) is 26.8. The van der Waals surface area contributed by atoms with E-state index in [4.69, 9.17) is 0 Å². The topological polar surface area (TPSA) is 78.5 Å². The zero-order valence-electron chi connectivity index (χ0n) is 21.2. The van der Waals surface area contributed by atoms with Crippen LogP contribution < -0.4 is 10.6 Å². The molecule has 198 valence electrons. The molecule has 0 aromatic heterocycles. The lowest BCUT2D eigenvalue weighted by atomic mass is 9.75. The van der Waals surface area contributed by atoms with Gasteiger partial charge >= 0.3 is 0 Å². The van der Waals surface area contributed by atoms with Gasteiger partial charge in [-0.15, -0.1) is 0 Å². The van der Waals surface area contributed by atoms with Gasteiger partial charge in [-0.1, -0.05) is 49.6 Å². The molecular formula is C29H35F2N3O3. The van der Waals surface area contributed by atoms with E-state index >= 15 is 0 Å². The summed E-state index contributed by atoms with van der Waals surface area (Å²) < 4.78 is 26.9. The highest BCUT2D eigenvalue weighted by atomic mass is 19.1. The van der Waals surface area contributed by atoms with Crippen molar-refractivity contribution in [2.45, 2.75) is 58.0 Å². The molecule has 1 aliphatic heterocycles. The molecule has 2 fully saturated rings. The summed E-state index contributed by atoms with van der Waals surface area (Å²) in [7, 11) is 0. The average Bonchev–Trinajstić information content (AvgIpc) is 2.90. The van der Waals surface area contributed by atoms with Crippen molar-refractivity contribution >= 4 is 17.7 Å². The van der Waals surface area contributed by atoms with Gasteiger partial charge in [-0.3, -0.25) is 14.4 Å². The third-order valence-corrected chi connectivity index (χ3v) is 7.68. The Labute approximate surface area is 216 Å². The second kappa shape index (κ2) is 12.3. The van der Waals surface area contributed by atoms with E-state index in [1.54, 1.807) is 0 Å². The molecule has 3 amide bonds. The highest BCUT2D eigenvalue weighted by molar-refractivity contribution is 6.01. The molecular weight excluding hydrogens is 476 g/mol. The van der Waals surface area contributed by atoms with Crippen molar-refractivity contribution in [1.82, 2.24) is 15.5 Å². The summed E-state index contributed by atoms with van der Waals surface area (Å²) in [4.78, 5) is 41.2. The Morgan fingerprint density at radius 2 is 1.59 bits per heavy atom. The number of hydrogen-bond acceptors (Lipinski definition) is 3. The molecule has 1 aliphatic carbocycles. The Balaban J connectivity index is 1.40. The Bertz CT molecular complexity index is 1090.